The number of benzene rings is 3. The summed E-state index contributed by atoms with van der Waals surface area (Å²) in [7, 11) is 1.46. The van der Waals surface area contributed by atoms with Gasteiger partial charge in [-0.3, -0.25) is 10.2 Å². The van der Waals surface area contributed by atoms with Gasteiger partial charge >= 0.3 is 6.03 Å². The predicted octanol–water partition coefficient (Wildman–Crippen LogP) is 6.39. The lowest BCUT2D eigenvalue weighted by atomic mass is 9.80. The van der Waals surface area contributed by atoms with E-state index in [9.17, 15) is 10.1 Å². The van der Waals surface area contributed by atoms with Crippen molar-refractivity contribution in [3.8, 4) is 17.6 Å². The van der Waals surface area contributed by atoms with Crippen LogP contribution in [-0.4, -0.2) is 105 Å². The zero-order valence-corrected chi connectivity index (χ0v) is 35.4. The molecule has 59 heavy (non-hydrogen) atoms. The SMILES string of the molecule is COc1ccc(C(OC[C@H]2O[C@@H](N3C=C4CCON=C4NC3=O)[C@H](OCCN)[C@@H]2OP(OCCC#N)N(C(C)C)C(C)C)(c2ccccc2)c2ccc(OC)cc2)cc1. The van der Waals surface area contributed by atoms with Crippen LogP contribution in [0.15, 0.2) is 95.8 Å². The molecule has 15 nitrogen and oxygen atoms in total. The summed E-state index contributed by atoms with van der Waals surface area (Å²) < 4.78 is 47.6. The van der Waals surface area contributed by atoms with Gasteiger partial charge in [0.15, 0.2) is 12.1 Å². The first-order valence-corrected chi connectivity index (χ1v) is 21.0. The number of nitrogens with zero attached hydrogens (tertiary/aromatic N) is 4. The minimum Gasteiger partial charge on any atom is -0.497 e. The number of nitrogens with one attached hydrogen (secondary N) is 1. The lowest BCUT2D eigenvalue weighted by Crippen LogP contribution is -2.54. The van der Waals surface area contributed by atoms with Crippen LogP contribution in [0.4, 0.5) is 4.79 Å². The van der Waals surface area contributed by atoms with Crippen molar-refractivity contribution in [2.75, 3.05) is 47.2 Å². The van der Waals surface area contributed by atoms with E-state index in [0.29, 0.717) is 30.4 Å². The van der Waals surface area contributed by atoms with Gasteiger partial charge in [-0.15, -0.1) is 0 Å². The van der Waals surface area contributed by atoms with Crippen LogP contribution in [0, 0.1) is 11.3 Å². The summed E-state index contributed by atoms with van der Waals surface area (Å²) in [6.45, 7) is 9.12. The number of ether oxygens (including phenoxy) is 5. The lowest BCUT2D eigenvalue weighted by molar-refractivity contribution is -0.102. The van der Waals surface area contributed by atoms with Crippen molar-refractivity contribution >= 4 is 20.4 Å². The van der Waals surface area contributed by atoms with Gasteiger partial charge in [-0.05, 0) is 68.7 Å². The van der Waals surface area contributed by atoms with Gasteiger partial charge in [-0.2, -0.15) is 5.26 Å². The number of rotatable bonds is 20. The number of nitrogens with two attached hydrogens (primary N) is 1. The van der Waals surface area contributed by atoms with Crippen LogP contribution in [0.5, 0.6) is 11.5 Å². The summed E-state index contributed by atoms with van der Waals surface area (Å²) in [4.78, 5) is 20.6. The van der Waals surface area contributed by atoms with Gasteiger partial charge in [0.1, 0.15) is 42.0 Å². The van der Waals surface area contributed by atoms with Crippen molar-refractivity contribution in [3.63, 3.8) is 0 Å². The molecule has 0 aliphatic carbocycles. The fraction of sp³-hybridized carbons (Fsp3) is 0.465. The Balaban J connectivity index is 1.48. The maximum atomic E-state index is 13.9. The van der Waals surface area contributed by atoms with E-state index in [2.05, 4.69) is 48.9 Å². The number of hydrogen-bond donors (Lipinski definition) is 2. The number of fused-ring (bicyclic) bond motifs is 1. The van der Waals surface area contributed by atoms with Crippen LogP contribution in [0.3, 0.4) is 0 Å². The highest BCUT2D eigenvalue weighted by Gasteiger charge is 2.53. The van der Waals surface area contributed by atoms with E-state index in [1.54, 1.807) is 20.4 Å². The predicted molar refractivity (Wildman–Crippen MR) is 222 cm³/mol. The van der Waals surface area contributed by atoms with Gasteiger partial charge in [-0.25, -0.2) is 9.46 Å². The Hall–Kier alpha value is -4.62. The first-order chi connectivity index (χ1) is 28.6. The largest absolute Gasteiger partial charge is 0.497 e. The molecule has 1 saturated heterocycles. The summed E-state index contributed by atoms with van der Waals surface area (Å²) in [5, 5.41) is 16.3. The second kappa shape index (κ2) is 20.6. The highest BCUT2D eigenvalue weighted by atomic mass is 31.2. The van der Waals surface area contributed by atoms with Gasteiger partial charge in [0.2, 0.25) is 0 Å². The maximum absolute atomic E-state index is 13.9. The number of amides is 2. The monoisotopic (exact) mass is 830 g/mol. The van der Waals surface area contributed by atoms with Crippen LogP contribution < -0.4 is 20.5 Å². The Morgan fingerprint density at radius 3 is 2.15 bits per heavy atom. The maximum Gasteiger partial charge on any atom is 0.329 e. The molecule has 3 heterocycles. The van der Waals surface area contributed by atoms with Gasteiger partial charge in [0, 0.05) is 36.8 Å². The highest BCUT2D eigenvalue weighted by Crippen LogP contribution is 2.51. The second-order valence-electron chi connectivity index (χ2n) is 14.6. The summed E-state index contributed by atoms with van der Waals surface area (Å²) in [6, 6.07) is 27.2. The molecule has 3 aliphatic heterocycles. The summed E-state index contributed by atoms with van der Waals surface area (Å²) in [5.74, 6) is 1.74. The standard InChI is InChI=1S/C43H55N6O9P/c1-29(2)49(30(3)4)59(56-24-10-22-44)58-38-37(57-41(39(38)53-26-23-45)48-27-31-21-25-55-47-40(31)46-42(48)50)28-54-43(32-11-8-7-9-12-32,33-13-17-35(51-5)18-14-33)34-15-19-36(52-6)20-16-34/h7-9,11-20,27,29-30,37-39,41H,10,21,23-26,28,45H2,1-6H3,(H,46,47,50)/t37-,38-,39-,41-,59?/m1/s1. The molecule has 3 aliphatic rings. The molecule has 0 bridgehead atoms. The zero-order chi connectivity index (χ0) is 41.9. The molecule has 316 valence electrons. The van der Waals surface area contributed by atoms with Crippen molar-refractivity contribution in [1.82, 2.24) is 14.9 Å². The molecule has 0 spiro atoms. The Kier molecular flexibility index (Phi) is 15.3. The number of urea groups is 1. The van der Waals surface area contributed by atoms with E-state index in [1.807, 2.05) is 78.9 Å². The molecule has 2 amide bonds. The van der Waals surface area contributed by atoms with E-state index >= 15 is 0 Å². The minimum atomic E-state index is -1.80. The number of hydrogen-bond acceptors (Lipinski definition) is 13. The van der Waals surface area contributed by atoms with E-state index in [0.717, 1.165) is 22.3 Å². The molecule has 0 radical (unpaired) electrons. The molecule has 16 heteroatoms. The third-order valence-corrected chi connectivity index (χ3v) is 12.3. The Morgan fingerprint density at radius 1 is 0.949 bits per heavy atom. The Bertz CT molecular complexity index is 1870. The van der Waals surface area contributed by atoms with E-state index < -0.39 is 44.7 Å². The third-order valence-electron chi connectivity index (χ3n) is 10.2. The van der Waals surface area contributed by atoms with Crippen molar-refractivity contribution < 1.29 is 42.4 Å². The highest BCUT2D eigenvalue weighted by molar-refractivity contribution is 7.44. The third kappa shape index (κ3) is 9.89. The van der Waals surface area contributed by atoms with Crippen LogP contribution in [0.2, 0.25) is 0 Å². The van der Waals surface area contributed by atoms with Crippen molar-refractivity contribution in [3.05, 3.63) is 107 Å². The number of carbonyl (C=O) groups excluding carboxylic acids is 1. The smallest absolute Gasteiger partial charge is 0.329 e. The number of amidine groups is 1. The van der Waals surface area contributed by atoms with Gasteiger partial charge in [0.05, 0.1) is 46.5 Å². The molecule has 1 fully saturated rings. The van der Waals surface area contributed by atoms with E-state index in [-0.39, 0.29) is 44.9 Å². The molecule has 6 rings (SSSR count). The number of nitriles is 1. The van der Waals surface area contributed by atoms with Gasteiger partial charge in [0.25, 0.3) is 8.53 Å². The molecule has 0 aromatic heterocycles. The van der Waals surface area contributed by atoms with Gasteiger partial charge in [-0.1, -0.05) is 59.8 Å². The molecule has 3 aromatic carbocycles. The Morgan fingerprint density at radius 2 is 1.58 bits per heavy atom. The van der Waals surface area contributed by atoms with E-state index in [4.69, 9.17) is 43.3 Å². The topological polar surface area (TPSA) is 172 Å². The summed E-state index contributed by atoms with van der Waals surface area (Å²) in [6.07, 6.45) is -1.08. The number of oxime groups is 1. The van der Waals surface area contributed by atoms with Crippen molar-refractivity contribution in [2.24, 2.45) is 10.9 Å². The molecular weight excluding hydrogens is 775 g/mol. The molecule has 3 aromatic rings. The molecule has 5 atom stereocenters. The summed E-state index contributed by atoms with van der Waals surface area (Å²) in [5.41, 5.74) is 8.16. The molecule has 0 saturated carbocycles. The molecular formula is C43H55N6O9P. The van der Waals surface area contributed by atoms with Crippen LogP contribution in [-0.2, 0) is 33.7 Å². The number of carbonyl (C=O) groups is 1. The van der Waals surface area contributed by atoms with Gasteiger partial charge < -0.3 is 43.3 Å². The minimum absolute atomic E-state index is 0.0131. The fourth-order valence-corrected chi connectivity index (χ4v) is 9.28. The fourth-order valence-electron chi connectivity index (χ4n) is 7.51. The van der Waals surface area contributed by atoms with Crippen LogP contribution in [0.1, 0.15) is 57.2 Å². The second-order valence-corrected chi connectivity index (χ2v) is 16.0. The zero-order valence-electron chi connectivity index (χ0n) is 34.5. The van der Waals surface area contributed by atoms with Crippen LogP contribution in [0.25, 0.3) is 0 Å². The number of methoxy groups -OCH3 is 2. The Labute approximate surface area is 347 Å². The van der Waals surface area contributed by atoms with Crippen LogP contribution >= 0.6 is 8.53 Å². The normalized spacial score (nSPS) is 21.0. The average Bonchev–Trinajstić information content (AvgIpc) is 3.59. The first-order valence-electron chi connectivity index (χ1n) is 19.9. The average molecular weight is 831 g/mol. The molecule has 1 unspecified atom stereocenters. The lowest BCUT2D eigenvalue weighted by Gasteiger charge is -2.39. The molecule has 3 N–H and O–H groups in total. The van der Waals surface area contributed by atoms with Crippen molar-refractivity contribution in [1.29, 1.82) is 5.26 Å². The van der Waals surface area contributed by atoms with Crippen molar-refractivity contribution in [2.45, 2.75) is 82.8 Å². The van der Waals surface area contributed by atoms with E-state index in [1.165, 1.54) is 4.90 Å². The first kappa shape index (κ1) is 43.9. The summed E-state index contributed by atoms with van der Waals surface area (Å²) >= 11 is 0. The quantitative estimate of drug-likeness (QED) is 0.0732.